The van der Waals surface area contributed by atoms with E-state index in [2.05, 4.69) is 39.3 Å². The molecule has 0 aliphatic heterocycles. The number of nitrogens with zero attached hydrogens (tertiary/aromatic N) is 4. The van der Waals surface area contributed by atoms with Gasteiger partial charge in [-0.3, -0.25) is 0 Å². The summed E-state index contributed by atoms with van der Waals surface area (Å²) in [4.78, 5) is 4.47. The van der Waals surface area contributed by atoms with E-state index in [9.17, 15) is 0 Å². The van der Waals surface area contributed by atoms with Crippen molar-refractivity contribution < 1.29 is 0 Å². The van der Waals surface area contributed by atoms with Crippen LogP contribution in [0.2, 0.25) is 0 Å². The Morgan fingerprint density at radius 1 is 1.42 bits per heavy atom. The number of hydrogen-bond donors (Lipinski definition) is 2. The first-order chi connectivity index (χ1) is 8.69. The van der Waals surface area contributed by atoms with Crippen LogP contribution in [0.25, 0.3) is 0 Å². The highest BCUT2D eigenvalue weighted by molar-refractivity contribution is 14.0. The first-order valence-corrected chi connectivity index (χ1v) is 6.17. The number of guanidine groups is 1. The summed E-state index contributed by atoms with van der Waals surface area (Å²) < 4.78 is 1.94. The third-order valence-corrected chi connectivity index (χ3v) is 2.52. The second kappa shape index (κ2) is 9.76. The van der Waals surface area contributed by atoms with Crippen molar-refractivity contribution in [2.24, 2.45) is 12.0 Å². The van der Waals surface area contributed by atoms with Gasteiger partial charge in [0.25, 0.3) is 0 Å². The molecule has 1 aromatic rings. The average molecular weight is 378 g/mol. The van der Waals surface area contributed by atoms with Crippen LogP contribution in [0.3, 0.4) is 0 Å². The molecule has 0 saturated heterocycles. The first kappa shape index (κ1) is 17.9. The van der Waals surface area contributed by atoms with E-state index in [-0.39, 0.29) is 24.0 Å². The van der Waals surface area contributed by atoms with Crippen LogP contribution in [0.15, 0.2) is 17.6 Å². The Labute approximate surface area is 131 Å². The number of aliphatic imine (C=N–C) groups is 1. The molecule has 108 valence electrons. The monoisotopic (exact) mass is 378 g/mol. The van der Waals surface area contributed by atoms with E-state index in [1.165, 1.54) is 0 Å². The molecule has 0 aliphatic carbocycles. The van der Waals surface area contributed by atoms with Crippen LogP contribution in [-0.4, -0.2) is 33.8 Å². The molecule has 0 spiro atoms. The van der Waals surface area contributed by atoms with Crippen LogP contribution in [0.5, 0.6) is 0 Å². The van der Waals surface area contributed by atoms with E-state index >= 15 is 0 Å². The van der Waals surface area contributed by atoms with Gasteiger partial charge in [0.2, 0.25) is 0 Å². The van der Waals surface area contributed by atoms with Crippen LogP contribution in [0.4, 0.5) is 0 Å². The van der Waals surface area contributed by atoms with E-state index in [1.54, 1.807) is 6.08 Å². The second-order valence-corrected chi connectivity index (χ2v) is 3.98. The molecule has 2 N–H and O–H groups in total. The van der Waals surface area contributed by atoms with E-state index in [1.807, 2.05) is 18.5 Å². The molecule has 0 aromatic carbocycles. The van der Waals surface area contributed by atoms with Gasteiger partial charge in [0, 0.05) is 20.1 Å². The molecule has 0 fully saturated rings. The smallest absolute Gasteiger partial charge is 0.191 e. The third-order valence-electron chi connectivity index (χ3n) is 2.52. The molecule has 1 rings (SSSR count). The molecule has 0 amide bonds. The van der Waals surface area contributed by atoms with Crippen molar-refractivity contribution in [1.82, 2.24) is 25.4 Å². The van der Waals surface area contributed by atoms with Crippen LogP contribution in [0.1, 0.15) is 25.0 Å². The quantitative estimate of drug-likeness (QED) is 0.340. The van der Waals surface area contributed by atoms with Crippen molar-refractivity contribution >= 4 is 29.9 Å². The second-order valence-electron chi connectivity index (χ2n) is 3.98. The highest BCUT2D eigenvalue weighted by atomic mass is 127. The summed E-state index contributed by atoms with van der Waals surface area (Å²) >= 11 is 0. The van der Waals surface area contributed by atoms with Crippen LogP contribution < -0.4 is 10.6 Å². The maximum atomic E-state index is 4.47. The lowest BCUT2D eigenvalue weighted by atomic mass is 10.5. The SMILES string of the molecule is C=CCNC(=NCc1nnc(C)n1C)NCCC.I. The number of rotatable bonds is 6. The molecule has 1 aromatic heterocycles. The predicted molar refractivity (Wildman–Crippen MR) is 88.8 cm³/mol. The molecule has 0 bridgehead atoms. The van der Waals surface area contributed by atoms with Gasteiger partial charge >= 0.3 is 0 Å². The van der Waals surface area contributed by atoms with Gasteiger partial charge in [0.15, 0.2) is 11.8 Å². The lowest BCUT2D eigenvalue weighted by Gasteiger charge is -2.10. The fourth-order valence-corrected chi connectivity index (χ4v) is 1.33. The van der Waals surface area contributed by atoms with Gasteiger partial charge < -0.3 is 15.2 Å². The fraction of sp³-hybridized carbons (Fsp3) is 0.583. The predicted octanol–water partition coefficient (Wildman–Crippen LogP) is 1.37. The molecule has 6 nitrogen and oxygen atoms in total. The highest BCUT2D eigenvalue weighted by Crippen LogP contribution is 1.98. The first-order valence-electron chi connectivity index (χ1n) is 6.17. The number of aromatic nitrogens is 3. The van der Waals surface area contributed by atoms with Gasteiger partial charge in [-0.05, 0) is 13.3 Å². The van der Waals surface area contributed by atoms with E-state index in [0.29, 0.717) is 13.1 Å². The van der Waals surface area contributed by atoms with Crippen molar-refractivity contribution in [2.45, 2.75) is 26.8 Å². The molecule has 0 atom stereocenters. The standard InChI is InChI=1S/C12H22N6.HI/c1-5-7-13-12(14-8-6-2)15-9-11-17-16-10(3)18(11)4;/h5H,1,6-9H2,2-4H3,(H2,13,14,15);1H. The van der Waals surface area contributed by atoms with E-state index < -0.39 is 0 Å². The molecule has 0 aliphatic rings. The molecule has 0 unspecified atom stereocenters. The maximum Gasteiger partial charge on any atom is 0.191 e. The van der Waals surface area contributed by atoms with Crippen molar-refractivity contribution in [2.75, 3.05) is 13.1 Å². The Bertz CT molecular complexity index is 412. The van der Waals surface area contributed by atoms with E-state index in [4.69, 9.17) is 0 Å². The maximum absolute atomic E-state index is 4.47. The van der Waals surface area contributed by atoms with Gasteiger partial charge in [-0.2, -0.15) is 0 Å². The molecule has 7 heteroatoms. The van der Waals surface area contributed by atoms with Crippen molar-refractivity contribution in [3.63, 3.8) is 0 Å². The van der Waals surface area contributed by atoms with Crippen molar-refractivity contribution in [3.8, 4) is 0 Å². The minimum absolute atomic E-state index is 0. The normalized spacial score (nSPS) is 10.8. The van der Waals surface area contributed by atoms with Crippen LogP contribution in [0, 0.1) is 6.92 Å². The average Bonchev–Trinajstić information content (AvgIpc) is 2.69. The zero-order chi connectivity index (χ0) is 13.4. The lowest BCUT2D eigenvalue weighted by Crippen LogP contribution is -2.37. The molecular formula is C12H23IN6. The number of hydrogen-bond acceptors (Lipinski definition) is 3. The van der Waals surface area contributed by atoms with Gasteiger partial charge in [-0.15, -0.1) is 40.8 Å². The van der Waals surface area contributed by atoms with E-state index in [0.717, 1.165) is 30.6 Å². The van der Waals surface area contributed by atoms with Gasteiger partial charge in [0.1, 0.15) is 12.4 Å². The third kappa shape index (κ3) is 6.04. The highest BCUT2D eigenvalue weighted by Gasteiger charge is 2.04. The Balaban J connectivity index is 0.00000324. The Morgan fingerprint density at radius 3 is 2.68 bits per heavy atom. The number of nitrogens with one attached hydrogen (secondary N) is 2. The lowest BCUT2D eigenvalue weighted by molar-refractivity contribution is 0.753. The molecule has 0 saturated carbocycles. The topological polar surface area (TPSA) is 67.1 Å². The summed E-state index contributed by atoms with van der Waals surface area (Å²) in [6.07, 6.45) is 2.85. The number of halogens is 1. The molecule has 19 heavy (non-hydrogen) atoms. The zero-order valence-corrected chi connectivity index (χ0v) is 14.1. The number of aryl methyl sites for hydroxylation is 1. The summed E-state index contributed by atoms with van der Waals surface area (Å²) in [7, 11) is 1.94. The summed E-state index contributed by atoms with van der Waals surface area (Å²) in [6.45, 7) is 9.80. The van der Waals surface area contributed by atoms with Crippen molar-refractivity contribution in [1.29, 1.82) is 0 Å². The zero-order valence-electron chi connectivity index (χ0n) is 11.8. The minimum atomic E-state index is 0. The van der Waals surface area contributed by atoms with Crippen LogP contribution in [-0.2, 0) is 13.6 Å². The molecule has 0 radical (unpaired) electrons. The Hall–Kier alpha value is -1.12. The minimum Gasteiger partial charge on any atom is -0.356 e. The van der Waals surface area contributed by atoms with Crippen molar-refractivity contribution in [3.05, 3.63) is 24.3 Å². The summed E-state index contributed by atoms with van der Waals surface area (Å²) in [5.41, 5.74) is 0. The molecular weight excluding hydrogens is 355 g/mol. The summed E-state index contributed by atoms with van der Waals surface area (Å²) in [5.74, 6) is 2.52. The largest absolute Gasteiger partial charge is 0.356 e. The Morgan fingerprint density at radius 2 is 2.16 bits per heavy atom. The Kier molecular flexibility index (Phi) is 9.19. The fourth-order valence-electron chi connectivity index (χ4n) is 1.33. The van der Waals surface area contributed by atoms with Gasteiger partial charge in [0.05, 0.1) is 0 Å². The van der Waals surface area contributed by atoms with Gasteiger partial charge in [-0.25, -0.2) is 4.99 Å². The van der Waals surface area contributed by atoms with Crippen LogP contribution >= 0.6 is 24.0 Å². The summed E-state index contributed by atoms with van der Waals surface area (Å²) in [6, 6.07) is 0. The van der Waals surface area contributed by atoms with Gasteiger partial charge in [-0.1, -0.05) is 13.0 Å². The summed E-state index contributed by atoms with van der Waals surface area (Å²) in [5, 5.41) is 14.5. The molecule has 1 heterocycles.